The standard InChI is InChI=1S/C16H24N2O2S/c1-12-7-8-17-14(10-12)21-11-13-6-5-9-18(13)15(19)20-16(2,3)4/h7-8,10,13H,5-6,9,11H2,1-4H3/t13-/m1/s1. The van der Waals surface area contributed by atoms with E-state index in [1.807, 2.05) is 37.9 Å². The number of rotatable bonds is 3. The second-order valence-electron chi connectivity index (χ2n) is 6.45. The fraction of sp³-hybridized carbons (Fsp3) is 0.625. The number of carbonyl (C=O) groups is 1. The van der Waals surface area contributed by atoms with Crippen LogP contribution in [0.3, 0.4) is 0 Å². The summed E-state index contributed by atoms with van der Waals surface area (Å²) in [6, 6.07) is 4.32. The molecule has 0 radical (unpaired) electrons. The zero-order valence-corrected chi connectivity index (χ0v) is 14.1. The van der Waals surface area contributed by atoms with E-state index < -0.39 is 5.60 Å². The third-order valence-corrected chi connectivity index (χ3v) is 4.39. The average molecular weight is 308 g/mol. The van der Waals surface area contributed by atoms with Crippen molar-refractivity contribution in [3.8, 4) is 0 Å². The third kappa shape index (κ3) is 4.92. The molecule has 116 valence electrons. The van der Waals surface area contributed by atoms with Crippen molar-refractivity contribution in [1.29, 1.82) is 0 Å². The van der Waals surface area contributed by atoms with Crippen LogP contribution in [0.4, 0.5) is 4.79 Å². The van der Waals surface area contributed by atoms with Gasteiger partial charge in [0.1, 0.15) is 5.60 Å². The smallest absolute Gasteiger partial charge is 0.410 e. The summed E-state index contributed by atoms with van der Waals surface area (Å²) in [5.74, 6) is 0.871. The van der Waals surface area contributed by atoms with Crippen molar-refractivity contribution in [3.05, 3.63) is 23.9 Å². The van der Waals surface area contributed by atoms with Crippen LogP contribution < -0.4 is 0 Å². The van der Waals surface area contributed by atoms with Crippen LogP contribution in [0.25, 0.3) is 0 Å². The van der Waals surface area contributed by atoms with Crippen molar-refractivity contribution in [3.63, 3.8) is 0 Å². The van der Waals surface area contributed by atoms with Gasteiger partial charge in [0.15, 0.2) is 0 Å². The van der Waals surface area contributed by atoms with Crippen LogP contribution in [0.1, 0.15) is 39.2 Å². The number of carbonyl (C=O) groups excluding carboxylic acids is 1. The van der Waals surface area contributed by atoms with E-state index in [2.05, 4.69) is 18.0 Å². The van der Waals surface area contributed by atoms with Gasteiger partial charge >= 0.3 is 6.09 Å². The second-order valence-corrected chi connectivity index (χ2v) is 7.49. The number of likely N-dealkylation sites (tertiary alicyclic amines) is 1. The Morgan fingerprint density at radius 3 is 2.95 bits per heavy atom. The highest BCUT2D eigenvalue weighted by molar-refractivity contribution is 7.99. The molecular weight excluding hydrogens is 284 g/mol. The normalized spacial score (nSPS) is 18.9. The number of ether oxygens (including phenoxy) is 1. The SMILES string of the molecule is Cc1ccnc(SC[C@H]2CCCN2C(=O)OC(C)(C)C)c1. The molecule has 0 N–H and O–H groups in total. The van der Waals surface area contributed by atoms with Crippen molar-refractivity contribution < 1.29 is 9.53 Å². The first-order valence-corrected chi connectivity index (χ1v) is 8.39. The van der Waals surface area contributed by atoms with Gasteiger partial charge in [0, 0.05) is 24.5 Å². The van der Waals surface area contributed by atoms with Gasteiger partial charge in [-0.05, 0) is 58.2 Å². The van der Waals surface area contributed by atoms with Gasteiger partial charge in [-0.25, -0.2) is 9.78 Å². The minimum atomic E-state index is -0.435. The summed E-state index contributed by atoms with van der Waals surface area (Å²) in [6.45, 7) is 8.57. The average Bonchev–Trinajstić information content (AvgIpc) is 2.83. The Labute approximate surface area is 131 Å². The number of aromatic nitrogens is 1. The highest BCUT2D eigenvalue weighted by atomic mass is 32.2. The van der Waals surface area contributed by atoms with Gasteiger partial charge in [0.2, 0.25) is 0 Å². The molecule has 0 saturated carbocycles. The summed E-state index contributed by atoms with van der Waals surface area (Å²) in [5, 5.41) is 1.02. The van der Waals surface area contributed by atoms with Crippen LogP contribution in [-0.2, 0) is 4.74 Å². The second kappa shape index (κ2) is 6.69. The molecule has 1 amide bonds. The van der Waals surface area contributed by atoms with Gasteiger partial charge in [-0.1, -0.05) is 0 Å². The number of nitrogens with zero attached hydrogens (tertiary/aromatic N) is 2. The predicted molar refractivity (Wildman–Crippen MR) is 85.7 cm³/mol. The minimum absolute atomic E-state index is 0.192. The molecule has 0 aliphatic carbocycles. The van der Waals surface area contributed by atoms with Gasteiger partial charge < -0.3 is 9.64 Å². The van der Waals surface area contributed by atoms with Crippen molar-refractivity contribution in [2.75, 3.05) is 12.3 Å². The van der Waals surface area contributed by atoms with Crippen molar-refractivity contribution in [2.45, 2.75) is 57.2 Å². The molecule has 2 heterocycles. The highest BCUT2D eigenvalue weighted by Gasteiger charge is 2.32. The summed E-state index contributed by atoms with van der Waals surface area (Å²) in [5.41, 5.74) is 0.776. The maximum atomic E-state index is 12.2. The topological polar surface area (TPSA) is 42.4 Å². The first-order chi connectivity index (χ1) is 9.85. The maximum absolute atomic E-state index is 12.2. The lowest BCUT2D eigenvalue weighted by molar-refractivity contribution is 0.0242. The summed E-state index contributed by atoms with van der Waals surface area (Å²) < 4.78 is 5.49. The fourth-order valence-electron chi connectivity index (χ4n) is 2.34. The predicted octanol–water partition coefficient (Wildman–Crippen LogP) is 3.88. The molecule has 2 rings (SSSR count). The number of amides is 1. The van der Waals surface area contributed by atoms with E-state index in [1.54, 1.807) is 11.8 Å². The Morgan fingerprint density at radius 2 is 2.29 bits per heavy atom. The summed E-state index contributed by atoms with van der Waals surface area (Å²) in [7, 11) is 0. The molecule has 0 unspecified atom stereocenters. The van der Waals surface area contributed by atoms with E-state index in [0.717, 1.165) is 30.2 Å². The van der Waals surface area contributed by atoms with Crippen LogP contribution >= 0.6 is 11.8 Å². The molecule has 21 heavy (non-hydrogen) atoms. The monoisotopic (exact) mass is 308 g/mol. The first-order valence-electron chi connectivity index (χ1n) is 7.40. The first kappa shape index (κ1) is 16.1. The molecule has 1 fully saturated rings. The van der Waals surface area contributed by atoms with Crippen LogP contribution in [0.5, 0.6) is 0 Å². The van der Waals surface area contributed by atoms with Gasteiger partial charge in [-0.15, -0.1) is 11.8 Å². The third-order valence-electron chi connectivity index (χ3n) is 3.32. The molecule has 1 aliphatic heterocycles. The number of hydrogen-bond donors (Lipinski definition) is 0. The van der Waals surface area contributed by atoms with E-state index in [4.69, 9.17) is 4.74 Å². The lowest BCUT2D eigenvalue weighted by Gasteiger charge is -2.28. The zero-order valence-electron chi connectivity index (χ0n) is 13.3. The molecule has 0 aromatic carbocycles. The maximum Gasteiger partial charge on any atom is 0.410 e. The Morgan fingerprint density at radius 1 is 1.52 bits per heavy atom. The molecule has 1 aromatic heterocycles. The van der Waals surface area contributed by atoms with E-state index in [1.165, 1.54) is 5.56 Å². The lowest BCUT2D eigenvalue weighted by atomic mass is 10.2. The van der Waals surface area contributed by atoms with Gasteiger partial charge in [-0.3, -0.25) is 0 Å². The molecule has 1 saturated heterocycles. The Hall–Kier alpha value is -1.23. The van der Waals surface area contributed by atoms with Crippen molar-refractivity contribution in [2.24, 2.45) is 0 Å². The van der Waals surface area contributed by atoms with Gasteiger partial charge in [-0.2, -0.15) is 0 Å². The van der Waals surface area contributed by atoms with Crippen LogP contribution in [0.15, 0.2) is 23.4 Å². The number of aryl methyl sites for hydroxylation is 1. The molecule has 0 bridgehead atoms. The van der Waals surface area contributed by atoms with Crippen LogP contribution in [0, 0.1) is 6.92 Å². The number of thioether (sulfide) groups is 1. The largest absolute Gasteiger partial charge is 0.444 e. The fourth-order valence-corrected chi connectivity index (χ4v) is 3.45. The summed E-state index contributed by atoms with van der Waals surface area (Å²) in [6.07, 6.45) is 3.73. The molecule has 5 heteroatoms. The van der Waals surface area contributed by atoms with Crippen LogP contribution in [0.2, 0.25) is 0 Å². The van der Waals surface area contributed by atoms with Gasteiger partial charge in [0.05, 0.1) is 5.03 Å². The molecule has 1 aliphatic rings. The minimum Gasteiger partial charge on any atom is -0.444 e. The summed E-state index contributed by atoms with van der Waals surface area (Å²) >= 11 is 1.71. The quantitative estimate of drug-likeness (QED) is 0.795. The number of pyridine rings is 1. The van der Waals surface area contributed by atoms with E-state index in [0.29, 0.717) is 0 Å². The molecule has 0 spiro atoms. The Balaban J connectivity index is 1.91. The van der Waals surface area contributed by atoms with Crippen LogP contribution in [-0.4, -0.2) is 39.9 Å². The van der Waals surface area contributed by atoms with Crippen molar-refractivity contribution in [1.82, 2.24) is 9.88 Å². The lowest BCUT2D eigenvalue weighted by Crippen LogP contribution is -2.40. The van der Waals surface area contributed by atoms with E-state index >= 15 is 0 Å². The highest BCUT2D eigenvalue weighted by Crippen LogP contribution is 2.26. The zero-order chi connectivity index (χ0) is 15.5. The molecule has 1 aromatic rings. The van der Waals surface area contributed by atoms with E-state index in [9.17, 15) is 4.79 Å². The number of hydrogen-bond acceptors (Lipinski definition) is 4. The summed E-state index contributed by atoms with van der Waals surface area (Å²) in [4.78, 5) is 18.4. The molecular formula is C16H24N2O2S. The molecule has 1 atom stereocenters. The van der Waals surface area contributed by atoms with Crippen molar-refractivity contribution >= 4 is 17.9 Å². The van der Waals surface area contributed by atoms with Gasteiger partial charge in [0.25, 0.3) is 0 Å². The Kier molecular flexibility index (Phi) is 5.14. The Bertz CT molecular complexity index is 499. The molecule has 4 nitrogen and oxygen atoms in total. The van der Waals surface area contributed by atoms with E-state index in [-0.39, 0.29) is 12.1 Å².